The van der Waals surface area contributed by atoms with Crippen molar-refractivity contribution in [1.82, 2.24) is 4.90 Å². The number of benzene rings is 2. The highest BCUT2D eigenvalue weighted by molar-refractivity contribution is 5.49. The second-order valence-corrected chi connectivity index (χ2v) is 6.45. The fourth-order valence-corrected chi connectivity index (χ4v) is 3.13. The van der Waals surface area contributed by atoms with Gasteiger partial charge in [-0.15, -0.1) is 6.58 Å². The Hall–Kier alpha value is -2.66. The van der Waals surface area contributed by atoms with E-state index in [0.717, 1.165) is 41.2 Å². The lowest BCUT2D eigenvalue weighted by molar-refractivity contribution is 0.171. The van der Waals surface area contributed by atoms with Gasteiger partial charge in [-0.3, -0.25) is 4.90 Å². The molecule has 0 saturated carbocycles. The van der Waals surface area contributed by atoms with Gasteiger partial charge in [0.05, 0.1) is 7.11 Å². The van der Waals surface area contributed by atoms with E-state index in [0.29, 0.717) is 25.5 Å². The van der Waals surface area contributed by atoms with Crippen molar-refractivity contribution in [3.05, 3.63) is 59.7 Å². The molecule has 0 spiro atoms. The van der Waals surface area contributed by atoms with Gasteiger partial charge in [-0.2, -0.15) is 0 Å². The maximum absolute atomic E-state index is 10.4. The lowest BCUT2D eigenvalue weighted by Gasteiger charge is -2.22. The van der Waals surface area contributed by atoms with Gasteiger partial charge in [-0.05, 0) is 42.8 Å². The van der Waals surface area contributed by atoms with Crippen LogP contribution in [0.1, 0.15) is 16.7 Å². The molecule has 0 unspecified atom stereocenters. The van der Waals surface area contributed by atoms with Gasteiger partial charge < -0.3 is 19.3 Å². The number of hydrogen-bond acceptors (Lipinski definition) is 5. The third-order valence-electron chi connectivity index (χ3n) is 4.31. The van der Waals surface area contributed by atoms with E-state index in [2.05, 4.69) is 11.5 Å². The molecule has 138 valence electrons. The number of fused-ring (bicyclic) bond motifs is 1. The second kappa shape index (κ2) is 8.15. The zero-order valence-electron chi connectivity index (χ0n) is 15.3. The van der Waals surface area contributed by atoms with E-state index in [-0.39, 0.29) is 5.75 Å². The summed E-state index contributed by atoms with van der Waals surface area (Å²) in [6.07, 6.45) is 2.57. The first-order chi connectivity index (χ1) is 12.6. The summed E-state index contributed by atoms with van der Waals surface area (Å²) in [5.74, 6) is 2.27. The molecule has 0 aromatic heterocycles. The van der Waals surface area contributed by atoms with Crippen LogP contribution in [0.3, 0.4) is 0 Å². The SMILES string of the molecule is C=CCc1cc(CN(C)Cc2ccc3c(c2)OCCO3)c(O)c(OC)c1. The van der Waals surface area contributed by atoms with Crippen molar-refractivity contribution >= 4 is 0 Å². The molecular weight excluding hydrogens is 330 g/mol. The molecule has 5 heteroatoms. The van der Waals surface area contributed by atoms with Crippen molar-refractivity contribution < 1.29 is 19.3 Å². The molecule has 0 bridgehead atoms. The van der Waals surface area contributed by atoms with Gasteiger partial charge in [0, 0.05) is 18.7 Å². The highest BCUT2D eigenvalue weighted by atomic mass is 16.6. The number of phenolic OH excluding ortho intramolecular Hbond substituents is 1. The van der Waals surface area contributed by atoms with Crippen LogP contribution in [0.2, 0.25) is 0 Å². The number of methoxy groups -OCH3 is 1. The molecule has 0 amide bonds. The number of allylic oxidation sites excluding steroid dienone is 1. The Labute approximate surface area is 154 Å². The number of nitrogens with zero attached hydrogens (tertiary/aromatic N) is 1. The second-order valence-electron chi connectivity index (χ2n) is 6.45. The van der Waals surface area contributed by atoms with Gasteiger partial charge in [0.1, 0.15) is 13.2 Å². The topological polar surface area (TPSA) is 51.2 Å². The minimum absolute atomic E-state index is 0.189. The van der Waals surface area contributed by atoms with Gasteiger partial charge in [-0.25, -0.2) is 0 Å². The van der Waals surface area contributed by atoms with Gasteiger partial charge in [0.2, 0.25) is 0 Å². The summed E-state index contributed by atoms with van der Waals surface area (Å²) in [6.45, 7) is 6.28. The smallest absolute Gasteiger partial charge is 0.162 e. The van der Waals surface area contributed by atoms with Crippen molar-refractivity contribution in [2.45, 2.75) is 19.5 Å². The van der Waals surface area contributed by atoms with Crippen LogP contribution in [-0.4, -0.2) is 37.4 Å². The fourth-order valence-electron chi connectivity index (χ4n) is 3.13. The highest BCUT2D eigenvalue weighted by Gasteiger charge is 2.15. The fraction of sp³-hybridized carbons (Fsp3) is 0.333. The molecule has 26 heavy (non-hydrogen) atoms. The molecule has 0 saturated heterocycles. The van der Waals surface area contributed by atoms with Crippen molar-refractivity contribution in [1.29, 1.82) is 0 Å². The predicted molar refractivity (Wildman–Crippen MR) is 101 cm³/mol. The standard InChI is InChI=1S/C21H25NO4/c1-4-5-15-10-17(21(23)20(11-15)24-3)14-22(2)13-16-6-7-18-19(12-16)26-9-8-25-18/h4,6-7,10-12,23H,1,5,8-9,13-14H2,2-3H3. The zero-order chi connectivity index (χ0) is 18.5. The van der Waals surface area contributed by atoms with Crippen molar-refractivity contribution in [2.24, 2.45) is 0 Å². The molecule has 0 aliphatic carbocycles. The Morgan fingerprint density at radius 2 is 1.88 bits per heavy atom. The lowest BCUT2D eigenvalue weighted by Crippen LogP contribution is -2.19. The van der Waals surface area contributed by atoms with Crippen LogP contribution in [0.4, 0.5) is 0 Å². The van der Waals surface area contributed by atoms with Crippen LogP contribution in [0.15, 0.2) is 43.0 Å². The molecule has 2 aromatic carbocycles. The van der Waals surface area contributed by atoms with Crippen LogP contribution in [0.25, 0.3) is 0 Å². The molecule has 0 radical (unpaired) electrons. The summed E-state index contributed by atoms with van der Waals surface area (Å²) in [5.41, 5.74) is 3.03. The van der Waals surface area contributed by atoms with Crippen molar-refractivity contribution in [2.75, 3.05) is 27.4 Å². The predicted octanol–water partition coefficient (Wildman–Crippen LogP) is 3.53. The number of phenols is 1. The Bertz CT molecular complexity index is 788. The Morgan fingerprint density at radius 1 is 1.12 bits per heavy atom. The summed E-state index contributed by atoms with van der Waals surface area (Å²) in [4.78, 5) is 2.14. The third-order valence-corrected chi connectivity index (χ3v) is 4.31. The van der Waals surface area contributed by atoms with Crippen LogP contribution in [-0.2, 0) is 19.5 Å². The normalized spacial score (nSPS) is 12.9. The Balaban J connectivity index is 1.74. The van der Waals surface area contributed by atoms with Crippen molar-refractivity contribution in [3.63, 3.8) is 0 Å². The summed E-state index contributed by atoms with van der Waals surface area (Å²) in [7, 11) is 3.58. The van der Waals surface area contributed by atoms with Gasteiger partial charge in [0.15, 0.2) is 23.0 Å². The molecular formula is C21H25NO4. The largest absolute Gasteiger partial charge is 0.504 e. The van der Waals surface area contributed by atoms with Crippen LogP contribution < -0.4 is 14.2 Å². The molecule has 2 aromatic rings. The molecule has 5 nitrogen and oxygen atoms in total. The lowest BCUT2D eigenvalue weighted by atomic mass is 10.1. The van der Waals surface area contributed by atoms with Crippen molar-refractivity contribution in [3.8, 4) is 23.0 Å². The first-order valence-corrected chi connectivity index (χ1v) is 8.67. The van der Waals surface area contributed by atoms with Gasteiger partial charge >= 0.3 is 0 Å². The maximum Gasteiger partial charge on any atom is 0.162 e. The molecule has 1 aliphatic rings. The zero-order valence-corrected chi connectivity index (χ0v) is 15.3. The quantitative estimate of drug-likeness (QED) is 0.770. The number of hydrogen-bond donors (Lipinski definition) is 1. The number of ether oxygens (including phenoxy) is 3. The third kappa shape index (κ3) is 4.11. The summed E-state index contributed by atoms with van der Waals surface area (Å²) < 4.78 is 16.5. The minimum Gasteiger partial charge on any atom is -0.504 e. The summed E-state index contributed by atoms with van der Waals surface area (Å²) in [5, 5.41) is 10.4. The van der Waals surface area contributed by atoms with Crippen LogP contribution in [0.5, 0.6) is 23.0 Å². The monoisotopic (exact) mass is 355 g/mol. The van der Waals surface area contributed by atoms with E-state index in [4.69, 9.17) is 14.2 Å². The minimum atomic E-state index is 0.189. The summed E-state index contributed by atoms with van der Waals surface area (Å²) >= 11 is 0. The maximum atomic E-state index is 10.4. The molecule has 3 rings (SSSR count). The van der Waals surface area contributed by atoms with E-state index < -0.39 is 0 Å². The van der Waals surface area contributed by atoms with Crippen LogP contribution >= 0.6 is 0 Å². The average Bonchev–Trinajstić information content (AvgIpc) is 2.64. The number of aromatic hydroxyl groups is 1. The van der Waals surface area contributed by atoms with Gasteiger partial charge in [0.25, 0.3) is 0 Å². The number of rotatable bonds is 7. The molecule has 0 atom stereocenters. The Morgan fingerprint density at radius 3 is 2.62 bits per heavy atom. The Kier molecular flexibility index (Phi) is 5.68. The van der Waals surface area contributed by atoms with E-state index in [1.54, 1.807) is 7.11 Å². The molecule has 1 N–H and O–H groups in total. The average molecular weight is 355 g/mol. The van der Waals surface area contributed by atoms with Crippen LogP contribution in [0, 0.1) is 0 Å². The molecule has 1 aliphatic heterocycles. The van der Waals surface area contributed by atoms with E-state index in [1.807, 2.05) is 43.5 Å². The first kappa shape index (κ1) is 18.1. The summed E-state index contributed by atoms with van der Waals surface area (Å²) in [6, 6.07) is 9.85. The van der Waals surface area contributed by atoms with E-state index in [1.165, 1.54) is 0 Å². The highest BCUT2D eigenvalue weighted by Crippen LogP contribution is 2.34. The van der Waals surface area contributed by atoms with E-state index in [9.17, 15) is 5.11 Å². The van der Waals surface area contributed by atoms with Gasteiger partial charge in [-0.1, -0.05) is 18.2 Å². The molecule has 0 fully saturated rings. The molecule has 1 heterocycles. The first-order valence-electron chi connectivity index (χ1n) is 8.67. The van der Waals surface area contributed by atoms with E-state index >= 15 is 0 Å².